The number of hydrogen-bond acceptors (Lipinski definition) is 7. The Kier molecular flexibility index (Phi) is 7.65. The second-order valence-corrected chi connectivity index (χ2v) is 16.8. The highest BCUT2D eigenvalue weighted by molar-refractivity contribution is 7.99. The van der Waals surface area contributed by atoms with Gasteiger partial charge in [-0.25, -0.2) is 4.98 Å². The lowest BCUT2D eigenvalue weighted by Gasteiger charge is -2.42. The first kappa shape index (κ1) is 34.9. The van der Waals surface area contributed by atoms with Crippen LogP contribution in [0.15, 0.2) is 211 Å². The van der Waals surface area contributed by atoms with Gasteiger partial charge in [-0.15, -0.1) is 0 Å². The van der Waals surface area contributed by atoms with Crippen LogP contribution in [0.25, 0.3) is 55.8 Å². The van der Waals surface area contributed by atoms with Crippen LogP contribution in [0.4, 0.5) is 17.1 Å². The summed E-state index contributed by atoms with van der Waals surface area (Å²) in [4.78, 5) is 24.5. The lowest BCUT2D eigenvalue weighted by Crippen LogP contribution is -2.32. The van der Waals surface area contributed by atoms with Crippen molar-refractivity contribution in [3.63, 3.8) is 0 Å². The summed E-state index contributed by atoms with van der Waals surface area (Å²) in [7, 11) is 0. The molecule has 0 fully saturated rings. The maximum Gasteiger partial charge on any atom is 0.165 e. The molecule has 13 rings (SSSR count). The lowest BCUT2D eigenvalue weighted by molar-refractivity contribution is 0.461. The van der Waals surface area contributed by atoms with Gasteiger partial charge in [-0.05, 0) is 88.5 Å². The third-order valence-corrected chi connectivity index (χ3v) is 13.7. The molecule has 3 aliphatic rings. The predicted molar refractivity (Wildman–Crippen MR) is 248 cm³/mol. The number of rotatable bonds is 4. The van der Waals surface area contributed by atoms with Gasteiger partial charge in [0.1, 0.15) is 0 Å². The van der Waals surface area contributed by atoms with Crippen molar-refractivity contribution in [2.45, 2.75) is 15.2 Å². The second-order valence-electron chi connectivity index (χ2n) is 15.8. The van der Waals surface area contributed by atoms with Gasteiger partial charge in [-0.1, -0.05) is 127 Å². The highest BCUT2D eigenvalue weighted by atomic mass is 32.2. The molecule has 1 aliphatic carbocycles. The summed E-state index contributed by atoms with van der Waals surface area (Å²) in [6.45, 7) is 0. The normalized spacial score (nSPS) is 15.2. The summed E-state index contributed by atoms with van der Waals surface area (Å²) in [5, 5.41) is 1.11. The van der Waals surface area contributed by atoms with Gasteiger partial charge in [0.25, 0.3) is 0 Å². The van der Waals surface area contributed by atoms with Crippen LogP contribution >= 0.6 is 11.8 Å². The molecular weight excluding hydrogens is 779 g/mol. The maximum atomic E-state index is 7.11. The molecule has 0 radical (unpaired) electrons. The van der Waals surface area contributed by atoms with E-state index in [-0.39, 0.29) is 0 Å². The average molecular weight is 812 g/mol. The van der Waals surface area contributed by atoms with Crippen molar-refractivity contribution in [3.8, 4) is 56.4 Å². The van der Waals surface area contributed by atoms with Gasteiger partial charge < -0.3 is 9.64 Å². The molecule has 62 heavy (non-hydrogen) atoms. The van der Waals surface area contributed by atoms with Crippen LogP contribution < -0.4 is 9.64 Å². The first-order chi connectivity index (χ1) is 30.8. The minimum Gasteiger partial charge on any atom is -0.452 e. The summed E-state index contributed by atoms with van der Waals surface area (Å²) >= 11 is 1.77. The molecule has 1 unspecified atom stereocenters. The highest BCUT2D eigenvalue weighted by Gasteiger charge is 2.53. The van der Waals surface area contributed by atoms with E-state index in [9.17, 15) is 0 Å². The van der Waals surface area contributed by atoms with Crippen LogP contribution in [-0.2, 0) is 5.41 Å². The first-order valence-electron chi connectivity index (χ1n) is 20.7. The molecule has 2 aliphatic heterocycles. The lowest BCUT2D eigenvalue weighted by atomic mass is 9.67. The Balaban J connectivity index is 1.02. The zero-order valence-electron chi connectivity index (χ0n) is 33.1. The van der Waals surface area contributed by atoms with Crippen molar-refractivity contribution >= 4 is 39.7 Å². The average Bonchev–Trinajstić information content (AvgIpc) is 3.63. The third kappa shape index (κ3) is 5.00. The van der Waals surface area contributed by atoms with Crippen molar-refractivity contribution in [2.75, 3.05) is 4.90 Å². The Morgan fingerprint density at radius 1 is 0.500 bits per heavy atom. The highest BCUT2D eigenvalue weighted by Crippen LogP contribution is 2.66. The van der Waals surface area contributed by atoms with Crippen molar-refractivity contribution < 1.29 is 4.74 Å². The van der Waals surface area contributed by atoms with E-state index in [0.29, 0.717) is 0 Å². The van der Waals surface area contributed by atoms with Gasteiger partial charge in [0.2, 0.25) is 0 Å². The molecule has 7 heteroatoms. The molecule has 290 valence electrons. The maximum absolute atomic E-state index is 7.11. The Hall–Kier alpha value is -7.87. The van der Waals surface area contributed by atoms with Gasteiger partial charge in [0, 0.05) is 57.3 Å². The van der Waals surface area contributed by atoms with Crippen LogP contribution in [0.1, 0.15) is 22.3 Å². The Bertz CT molecular complexity index is 3460. The number of ether oxygens (including phenoxy) is 1. The molecule has 0 N–H and O–H groups in total. The monoisotopic (exact) mass is 811 g/mol. The first-order valence-corrected chi connectivity index (χ1v) is 21.5. The van der Waals surface area contributed by atoms with Gasteiger partial charge >= 0.3 is 0 Å². The summed E-state index contributed by atoms with van der Waals surface area (Å²) in [6.07, 6.45) is 7.49. The number of nitrogens with zero attached hydrogens (tertiary/aromatic N) is 5. The van der Waals surface area contributed by atoms with Gasteiger partial charge in [0.15, 0.2) is 11.5 Å². The van der Waals surface area contributed by atoms with Crippen LogP contribution in [0.5, 0.6) is 11.5 Å². The number of pyridine rings is 4. The van der Waals surface area contributed by atoms with Gasteiger partial charge in [-0.2, -0.15) is 0 Å². The smallest absolute Gasteiger partial charge is 0.165 e. The summed E-state index contributed by atoms with van der Waals surface area (Å²) in [6, 6.07) is 62.1. The van der Waals surface area contributed by atoms with Crippen LogP contribution in [0.2, 0.25) is 0 Å². The SMILES string of the molecule is c1cncc(-c2ccccc2N2c3ccccc3Oc3c2ccc2c3Sc3ccccc3C23c2cccnc2-c2nc(-c4cccc(-c5cccc6cccnc56)c4)ccc23)c1. The number of benzene rings is 6. The molecule has 0 bridgehead atoms. The number of para-hydroxylation sites is 4. The predicted octanol–water partition coefficient (Wildman–Crippen LogP) is 13.8. The summed E-state index contributed by atoms with van der Waals surface area (Å²) in [5.74, 6) is 1.62. The molecule has 6 nitrogen and oxygen atoms in total. The summed E-state index contributed by atoms with van der Waals surface area (Å²) in [5.41, 5.74) is 15.9. The quantitative estimate of drug-likeness (QED) is 0.175. The fourth-order valence-corrected chi connectivity index (χ4v) is 11.2. The van der Waals surface area contributed by atoms with Crippen LogP contribution in [0, 0.1) is 0 Å². The zero-order valence-corrected chi connectivity index (χ0v) is 33.9. The Labute approximate surface area is 362 Å². The molecule has 1 atom stereocenters. The topological polar surface area (TPSA) is 64.0 Å². The minimum absolute atomic E-state index is 0.702. The second kappa shape index (κ2) is 13.6. The van der Waals surface area contributed by atoms with Crippen molar-refractivity contribution in [2.24, 2.45) is 0 Å². The molecule has 10 aromatic rings. The molecule has 1 spiro atoms. The summed E-state index contributed by atoms with van der Waals surface area (Å²) < 4.78 is 7.11. The number of hydrogen-bond donors (Lipinski definition) is 0. The van der Waals surface area contributed by atoms with E-state index in [0.717, 1.165) is 106 Å². The van der Waals surface area contributed by atoms with Gasteiger partial charge in [-0.3, -0.25) is 15.0 Å². The Morgan fingerprint density at radius 3 is 2.18 bits per heavy atom. The third-order valence-electron chi connectivity index (χ3n) is 12.5. The molecule has 0 amide bonds. The molecule has 4 aromatic heterocycles. The van der Waals surface area contributed by atoms with Gasteiger partial charge in [0.05, 0.1) is 50.0 Å². The van der Waals surface area contributed by atoms with E-state index in [1.165, 1.54) is 10.5 Å². The van der Waals surface area contributed by atoms with E-state index < -0.39 is 5.41 Å². The minimum atomic E-state index is -0.702. The van der Waals surface area contributed by atoms with Crippen LogP contribution in [-0.4, -0.2) is 19.9 Å². The Morgan fingerprint density at radius 2 is 1.23 bits per heavy atom. The molecule has 0 saturated carbocycles. The van der Waals surface area contributed by atoms with Crippen LogP contribution in [0.3, 0.4) is 0 Å². The van der Waals surface area contributed by atoms with Crippen molar-refractivity contribution in [3.05, 3.63) is 223 Å². The molecular formula is C55H33N5OS. The number of anilines is 3. The molecule has 6 aromatic carbocycles. The number of aromatic nitrogens is 4. The standard InChI is InChI=1S/C55H33N5OS/c1-3-21-45(38(17-1)37-16-9-29-56-33-37)60-46-22-4-5-23-48(46)61-53-47(60)28-26-43-54(53)62-49-24-6-2-19-40(49)55(43)41-20-11-31-58-51(41)52-42(55)25-27-44(59-52)36-14-7-13-35(32-36)39-18-8-12-34-15-10-30-57-50(34)39/h1-33H. The van der Waals surface area contributed by atoms with Crippen molar-refractivity contribution in [1.29, 1.82) is 0 Å². The van der Waals surface area contributed by atoms with E-state index >= 15 is 0 Å². The fraction of sp³-hybridized carbons (Fsp3) is 0.0182. The fourth-order valence-electron chi connectivity index (χ4n) is 9.91. The largest absolute Gasteiger partial charge is 0.452 e. The van der Waals surface area contributed by atoms with E-state index in [2.05, 4.69) is 168 Å². The van der Waals surface area contributed by atoms with E-state index in [1.807, 2.05) is 43.0 Å². The zero-order chi connectivity index (χ0) is 40.8. The number of fused-ring (bicyclic) bond motifs is 13. The molecule has 6 heterocycles. The van der Waals surface area contributed by atoms with E-state index in [1.54, 1.807) is 11.8 Å². The molecule has 0 saturated heterocycles. The van der Waals surface area contributed by atoms with Crippen molar-refractivity contribution in [1.82, 2.24) is 19.9 Å². The van der Waals surface area contributed by atoms with E-state index in [4.69, 9.17) is 19.7 Å².